The molecule has 2 rings (SSSR count). The largest absolute Gasteiger partial charge is 0.435 e. The molecule has 0 aliphatic rings. The van der Waals surface area contributed by atoms with Gasteiger partial charge in [0.05, 0.1) is 6.54 Å². The van der Waals surface area contributed by atoms with Crippen LogP contribution >= 0.6 is 0 Å². The van der Waals surface area contributed by atoms with E-state index in [2.05, 4.69) is 20.1 Å². The Morgan fingerprint density at radius 1 is 1.38 bits per heavy atom. The summed E-state index contributed by atoms with van der Waals surface area (Å²) >= 11 is 0. The standard InChI is InChI=1S/C16H21F2N5O/c1-19-16(20-9-11-23-10-3-8-21-23)22(2)12-13-4-6-14(7-5-13)24-15(17)18/h3-8,10,15H,9,11-12H2,1-2H3,(H,19,20). The number of nitrogens with one attached hydrogen (secondary N) is 1. The Morgan fingerprint density at radius 2 is 2.12 bits per heavy atom. The number of hydrogen-bond acceptors (Lipinski definition) is 3. The zero-order valence-corrected chi connectivity index (χ0v) is 13.7. The second-order valence-electron chi connectivity index (χ2n) is 5.12. The van der Waals surface area contributed by atoms with Crippen LogP contribution in [0.3, 0.4) is 0 Å². The molecule has 1 heterocycles. The maximum Gasteiger partial charge on any atom is 0.387 e. The third-order valence-electron chi connectivity index (χ3n) is 3.32. The minimum Gasteiger partial charge on any atom is -0.435 e. The smallest absolute Gasteiger partial charge is 0.387 e. The lowest BCUT2D eigenvalue weighted by atomic mass is 10.2. The molecular formula is C16H21F2N5O. The Balaban J connectivity index is 1.83. The highest BCUT2D eigenvalue weighted by molar-refractivity contribution is 5.79. The molecule has 24 heavy (non-hydrogen) atoms. The van der Waals surface area contributed by atoms with E-state index in [1.807, 2.05) is 28.9 Å². The first-order valence-electron chi connectivity index (χ1n) is 7.51. The van der Waals surface area contributed by atoms with Crippen LogP contribution in [0.2, 0.25) is 0 Å². The Kier molecular flexibility index (Phi) is 6.53. The van der Waals surface area contributed by atoms with Crippen LogP contribution < -0.4 is 10.1 Å². The van der Waals surface area contributed by atoms with Gasteiger partial charge in [-0.2, -0.15) is 13.9 Å². The number of aliphatic imine (C=N–C) groups is 1. The molecule has 1 aromatic carbocycles. The summed E-state index contributed by atoms with van der Waals surface area (Å²) in [6.45, 7) is -0.785. The van der Waals surface area contributed by atoms with Gasteiger partial charge in [-0.25, -0.2) is 0 Å². The van der Waals surface area contributed by atoms with Gasteiger partial charge in [0.25, 0.3) is 0 Å². The van der Waals surface area contributed by atoms with Crippen molar-refractivity contribution in [2.45, 2.75) is 19.7 Å². The molecule has 1 N–H and O–H groups in total. The van der Waals surface area contributed by atoms with Crippen molar-refractivity contribution in [3.8, 4) is 5.75 Å². The van der Waals surface area contributed by atoms with Gasteiger partial charge < -0.3 is 15.0 Å². The number of guanidine groups is 1. The molecule has 2 aromatic rings. The molecule has 6 nitrogen and oxygen atoms in total. The van der Waals surface area contributed by atoms with Crippen molar-refractivity contribution in [1.29, 1.82) is 0 Å². The van der Waals surface area contributed by atoms with E-state index >= 15 is 0 Å². The number of halogens is 2. The molecule has 0 atom stereocenters. The molecule has 130 valence electrons. The topological polar surface area (TPSA) is 54.7 Å². The monoisotopic (exact) mass is 337 g/mol. The van der Waals surface area contributed by atoms with E-state index in [9.17, 15) is 8.78 Å². The first kappa shape index (κ1) is 17.7. The van der Waals surface area contributed by atoms with Crippen molar-refractivity contribution in [2.24, 2.45) is 4.99 Å². The summed E-state index contributed by atoms with van der Waals surface area (Å²) in [5.74, 6) is 0.896. The number of hydrogen-bond donors (Lipinski definition) is 1. The fourth-order valence-corrected chi connectivity index (χ4v) is 2.22. The Hall–Kier alpha value is -2.64. The van der Waals surface area contributed by atoms with E-state index in [0.717, 1.165) is 18.1 Å². The van der Waals surface area contributed by atoms with Gasteiger partial charge in [0.15, 0.2) is 5.96 Å². The van der Waals surface area contributed by atoms with Crippen LogP contribution in [0, 0.1) is 0 Å². The summed E-state index contributed by atoms with van der Waals surface area (Å²) < 4.78 is 30.5. The van der Waals surface area contributed by atoms with Gasteiger partial charge in [0, 0.05) is 39.6 Å². The molecule has 1 aromatic heterocycles. The Morgan fingerprint density at radius 3 is 2.71 bits per heavy atom. The summed E-state index contributed by atoms with van der Waals surface area (Å²) in [4.78, 5) is 6.19. The second kappa shape index (κ2) is 8.85. The van der Waals surface area contributed by atoms with Crippen LogP contribution in [0.15, 0.2) is 47.7 Å². The van der Waals surface area contributed by atoms with Gasteiger partial charge in [-0.1, -0.05) is 12.1 Å². The SMILES string of the molecule is CN=C(NCCn1cccn1)N(C)Cc1ccc(OC(F)F)cc1. The Labute approximate surface area is 139 Å². The third kappa shape index (κ3) is 5.53. The fraction of sp³-hybridized carbons (Fsp3) is 0.375. The number of rotatable bonds is 7. The molecule has 0 spiro atoms. The quantitative estimate of drug-likeness (QED) is 0.622. The normalized spacial score (nSPS) is 11.6. The number of nitrogens with zero attached hydrogens (tertiary/aromatic N) is 4. The average Bonchev–Trinajstić information content (AvgIpc) is 3.06. The molecule has 0 radical (unpaired) electrons. The Bertz CT molecular complexity index is 628. The minimum atomic E-state index is -2.81. The number of aromatic nitrogens is 2. The predicted octanol–water partition coefficient (Wildman–Crippen LogP) is 2.19. The van der Waals surface area contributed by atoms with Crippen LogP contribution in [0.25, 0.3) is 0 Å². The first-order chi connectivity index (χ1) is 11.6. The molecule has 0 amide bonds. The van der Waals surface area contributed by atoms with Crippen LogP contribution in [0.4, 0.5) is 8.78 Å². The summed E-state index contributed by atoms with van der Waals surface area (Å²) in [5, 5.41) is 7.39. The summed E-state index contributed by atoms with van der Waals surface area (Å²) in [7, 11) is 3.62. The predicted molar refractivity (Wildman–Crippen MR) is 88.1 cm³/mol. The zero-order chi connectivity index (χ0) is 17.4. The van der Waals surface area contributed by atoms with Gasteiger partial charge >= 0.3 is 6.61 Å². The molecule has 0 unspecified atom stereocenters. The third-order valence-corrected chi connectivity index (χ3v) is 3.32. The summed E-state index contributed by atoms with van der Waals surface area (Å²) in [6.07, 6.45) is 3.64. The van der Waals surface area contributed by atoms with Crippen molar-refractivity contribution in [2.75, 3.05) is 20.6 Å². The van der Waals surface area contributed by atoms with Crippen LogP contribution in [0.5, 0.6) is 5.75 Å². The van der Waals surface area contributed by atoms with Gasteiger partial charge in [0.1, 0.15) is 5.75 Å². The van der Waals surface area contributed by atoms with E-state index in [4.69, 9.17) is 0 Å². The lowest BCUT2D eigenvalue weighted by Crippen LogP contribution is -2.39. The molecular weight excluding hydrogens is 316 g/mol. The van der Waals surface area contributed by atoms with Crippen molar-refractivity contribution >= 4 is 5.96 Å². The lowest BCUT2D eigenvalue weighted by molar-refractivity contribution is -0.0498. The van der Waals surface area contributed by atoms with E-state index in [-0.39, 0.29) is 5.75 Å². The van der Waals surface area contributed by atoms with Crippen molar-refractivity contribution in [3.05, 3.63) is 48.3 Å². The van der Waals surface area contributed by atoms with Gasteiger partial charge in [-0.05, 0) is 23.8 Å². The molecule has 0 bridgehead atoms. The lowest BCUT2D eigenvalue weighted by Gasteiger charge is -2.22. The van der Waals surface area contributed by atoms with Crippen molar-refractivity contribution in [1.82, 2.24) is 20.0 Å². The van der Waals surface area contributed by atoms with Gasteiger partial charge in [-0.15, -0.1) is 0 Å². The van der Waals surface area contributed by atoms with Gasteiger partial charge in [-0.3, -0.25) is 9.67 Å². The molecule has 0 saturated carbocycles. The maximum atomic E-state index is 12.1. The highest BCUT2D eigenvalue weighted by Gasteiger charge is 2.08. The molecule has 0 saturated heterocycles. The highest BCUT2D eigenvalue weighted by Crippen LogP contribution is 2.15. The molecule has 0 aliphatic heterocycles. The molecule has 0 aliphatic carbocycles. The van der Waals surface area contributed by atoms with E-state index in [1.54, 1.807) is 25.4 Å². The van der Waals surface area contributed by atoms with Crippen LogP contribution in [0.1, 0.15) is 5.56 Å². The maximum absolute atomic E-state index is 12.1. The number of ether oxygens (including phenoxy) is 1. The second-order valence-corrected chi connectivity index (χ2v) is 5.12. The van der Waals surface area contributed by atoms with E-state index < -0.39 is 6.61 Å². The van der Waals surface area contributed by atoms with Crippen molar-refractivity contribution < 1.29 is 13.5 Å². The van der Waals surface area contributed by atoms with Crippen molar-refractivity contribution in [3.63, 3.8) is 0 Å². The zero-order valence-electron chi connectivity index (χ0n) is 13.7. The molecule has 0 fully saturated rings. The summed E-state index contributed by atoms with van der Waals surface area (Å²) in [6, 6.07) is 8.45. The number of benzene rings is 1. The van der Waals surface area contributed by atoms with Crippen LogP contribution in [-0.4, -0.2) is 47.9 Å². The average molecular weight is 337 g/mol. The van der Waals surface area contributed by atoms with Gasteiger partial charge in [0.2, 0.25) is 0 Å². The number of alkyl halides is 2. The summed E-state index contributed by atoms with van der Waals surface area (Å²) in [5.41, 5.74) is 0.967. The highest BCUT2D eigenvalue weighted by atomic mass is 19.3. The van der Waals surface area contributed by atoms with E-state index in [0.29, 0.717) is 13.1 Å². The fourth-order valence-electron chi connectivity index (χ4n) is 2.22. The first-order valence-corrected chi connectivity index (χ1v) is 7.51. The molecule has 8 heteroatoms. The van der Waals surface area contributed by atoms with Crippen LogP contribution in [-0.2, 0) is 13.1 Å². The van der Waals surface area contributed by atoms with E-state index in [1.165, 1.54) is 12.1 Å². The minimum absolute atomic E-state index is 0.151.